The number of hydrogen-bond donors (Lipinski definition) is 2. The Morgan fingerprint density at radius 3 is 2.67 bits per heavy atom. The van der Waals surface area contributed by atoms with Crippen molar-refractivity contribution in [2.75, 3.05) is 23.7 Å². The second-order valence-electron chi connectivity index (χ2n) is 4.45. The molecule has 18 heavy (non-hydrogen) atoms. The van der Waals surface area contributed by atoms with E-state index in [1.54, 1.807) is 17.0 Å². The highest BCUT2D eigenvalue weighted by molar-refractivity contribution is 5.81. The number of likely N-dealkylation sites (N-methyl/N-ethyl adjacent to an activating group) is 1. The molecule has 0 unspecified atom stereocenters. The van der Waals surface area contributed by atoms with Crippen LogP contribution in [0.3, 0.4) is 0 Å². The van der Waals surface area contributed by atoms with Gasteiger partial charge < -0.3 is 16.0 Å². The van der Waals surface area contributed by atoms with Crippen molar-refractivity contribution >= 4 is 17.3 Å². The van der Waals surface area contributed by atoms with Crippen LogP contribution >= 0.6 is 0 Å². The molecule has 0 fully saturated rings. The first-order valence-corrected chi connectivity index (χ1v) is 6.03. The molecule has 0 aliphatic carbocycles. The van der Waals surface area contributed by atoms with Crippen molar-refractivity contribution in [2.24, 2.45) is 0 Å². The average molecular weight is 253 g/mol. The molecule has 0 aromatic heterocycles. The van der Waals surface area contributed by atoms with Gasteiger partial charge in [-0.3, -0.25) is 4.79 Å². The Labute approximate surface area is 107 Å². The minimum atomic E-state index is -0.408. The summed E-state index contributed by atoms with van der Waals surface area (Å²) in [4.78, 5) is 13.3. The molecular weight excluding hydrogens is 233 g/mol. The van der Waals surface area contributed by atoms with Gasteiger partial charge in [0, 0.05) is 18.3 Å². The topological polar surface area (TPSA) is 58.4 Å². The minimum absolute atomic E-state index is 0.0764. The fourth-order valence-corrected chi connectivity index (χ4v) is 1.69. The predicted molar refractivity (Wildman–Crippen MR) is 72.0 cm³/mol. The maximum Gasteiger partial charge on any atom is 0.239 e. The van der Waals surface area contributed by atoms with Gasteiger partial charge in [-0.25, -0.2) is 4.39 Å². The molecule has 1 aromatic rings. The normalized spacial score (nSPS) is 10.5. The first kappa shape index (κ1) is 14.3. The molecule has 0 saturated carbocycles. The Kier molecular flexibility index (Phi) is 4.95. The van der Waals surface area contributed by atoms with Crippen molar-refractivity contribution in [3.05, 3.63) is 24.0 Å². The van der Waals surface area contributed by atoms with Gasteiger partial charge in [-0.05, 0) is 39.0 Å². The third kappa shape index (κ3) is 3.91. The van der Waals surface area contributed by atoms with E-state index in [0.29, 0.717) is 17.9 Å². The third-order valence-electron chi connectivity index (χ3n) is 2.48. The van der Waals surface area contributed by atoms with Crippen LogP contribution in [0.15, 0.2) is 18.2 Å². The van der Waals surface area contributed by atoms with Crippen LogP contribution in [0, 0.1) is 5.82 Å². The van der Waals surface area contributed by atoms with Crippen LogP contribution < -0.4 is 16.0 Å². The number of nitrogens with zero attached hydrogens (tertiary/aromatic N) is 1. The van der Waals surface area contributed by atoms with Gasteiger partial charge in [-0.2, -0.15) is 0 Å². The summed E-state index contributed by atoms with van der Waals surface area (Å²) in [6.07, 6.45) is 0. The highest BCUT2D eigenvalue weighted by atomic mass is 19.1. The zero-order valence-electron chi connectivity index (χ0n) is 11.0. The molecule has 4 nitrogen and oxygen atoms in total. The smallest absolute Gasteiger partial charge is 0.239 e. The van der Waals surface area contributed by atoms with Crippen LogP contribution in [0.25, 0.3) is 0 Å². The number of nitrogens with one attached hydrogen (secondary N) is 1. The lowest BCUT2D eigenvalue weighted by molar-refractivity contribution is -0.120. The molecule has 1 rings (SSSR count). The maximum absolute atomic E-state index is 13.7. The van der Waals surface area contributed by atoms with E-state index in [1.807, 2.05) is 20.8 Å². The van der Waals surface area contributed by atoms with E-state index in [9.17, 15) is 9.18 Å². The number of hydrogen-bond acceptors (Lipinski definition) is 3. The fourth-order valence-electron chi connectivity index (χ4n) is 1.69. The summed E-state index contributed by atoms with van der Waals surface area (Å²) >= 11 is 0. The van der Waals surface area contributed by atoms with Gasteiger partial charge in [0.1, 0.15) is 5.82 Å². The fraction of sp³-hybridized carbons (Fsp3) is 0.462. The second kappa shape index (κ2) is 6.23. The van der Waals surface area contributed by atoms with Crippen LogP contribution in [0.2, 0.25) is 0 Å². The van der Waals surface area contributed by atoms with E-state index in [4.69, 9.17) is 5.73 Å². The number of carbonyl (C=O) groups is 1. The van der Waals surface area contributed by atoms with Crippen molar-refractivity contribution in [2.45, 2.75) is 26.8 Å². The molecule has 1 amide bonds. The molecule has 0 spiro atoms. The standard InChI is InChI=1S/C13H20FN3O/c1-4-17(8-13(18)16-9(2)3)12-6-5-10(15)7-11(12)14/h5-7,9H,4,8,15H2,1-3H3,(H,16,18). The van der Waals surface area contributed by atoms with Gasteiger partial charge in [0.25, 0.3) is 0 Å². The summed E-state index contributed by atoms with van der Waals surface area (Å²) in [6, 6.07) is 4.56. The van der Waals surface area contributed by atoms with Crippen LogP contribution in [-0.4, -0.2) is 25.0 Å². The lowest BCUT2D eigenvalue weighted by Crippen LogP contribution is -2.40. The van der Waals surface area contributed by atoms with Crippen molar-refractivity contribution < 1.29 is 9.18 Å². The number of carbonyl (C=O) groups excluding carboxylic acids is 1. The van der Waals surface area contributed by atoms with Gasteiger partial charge >= 0.3 is 0 Å². The quantitative estimate of drug-likeness (QED) is 0.786. The number of rotatable bonds is 5. The van der Waals surface area contributed by atoms with E-state index >= 15 is 0 Å². The summed E-state index contributed by atoms with van der Waals surface area (Å²) in [5.41, 5.74) is 6.27. The highest BCUT2D eigenvalue weighted by Crippen LogP contribution is 2.21. The molecule has 1 aromatic carbocycles. The first-order valence-electron chi connectivity index (χ1n) is 6.03. The molecular formula is C13H20FN3O. The molecule has 0 saturated heterocycles. The molecule has 0 heterocycles. The summed E-state index contributed by atoms with van der Waals surface area (Å²) in [5.74, 6) is -0.530. The lowest BCUT2D eigenvalue weighted by atomic mass is 10.2. The molecule has 3 N–H and O–H groups in total. The van der Waals surface area contributed by atoms with Gasteiger partial charge in [0.15, 0.2) is 0 Å². The van der Waals surface area contributed by atoms with Crippen LogP contribution in [0.5, 0.6) is 0 Å². The molecule has 5 heteroatoms. The molecule has 0 radical (unpaired) electrons. The van der Waals surface area contributed by atoms with Gasteiger partial charge in [-0.15, -0.1) is 0 Å². The zero-order chi connectivity index (χ0) is 13.7. The first-order chi connectivity index (χ1) is 8.43. The molecule has 0 bridgehead atoms. The van der Waals surface area contributed by atoms with E-state index in [2.05, 4.69) is 5.32 Å². The summed E-state index contributed by atoms with van der Waals surface area (Å²) in [5, 5.41) is 2.78. The number of nitrogen functional groups attached to an aromatic ring is 1. The monoisotopic (exact) mass is 253 g/mol. The van der Waals surface area contributed by atoms with E-state index in [1.165, 1.54) is 6.07 Å². The summed E-state index contributed by atoms with van der Waals surface area (Å²) < 4.78 is 13.7. The van der Waals surface area contributed by atoms with Crippen molar-refractivity contribution in [1.29, 1.82) is 0 Å². The number of nitrogens with two attached hydrogens (primary N) is 1. The van der Waals surface area contributed by atoms with Gasteiger partial charge in [0.2, 0.25) is 5.91 Å². The largest absolute Gasteiger partial charge is 0.399 e. The van der Waals surface area contributed by atoms with E-state index < -0.39 is 5.82 Å². The van der Waals surface area contributed by atoms with Gasteiger partial charge in [0.05, 0.1) is 12.2 Å². The van der Waals surface area contributed by atoms with E-state index in [0.717, 1.165) is 0 Å². The Bertz CT molecular complexity index is 421. The number of amides is 1. The molecule has 0 atom stereocenters. The highest BCUT2D eigenvalue weighted by Gasteiger charge is 2.14. The summed E-state index contributed by atoms with van der Waals surface area (Å²) in [7, 11) is 0. The van der Waals surface area contributed by atoms with Crippen molar-refractivity contribution in [1.82, 2.24) is 5.32 Å². The SMILES string of the molecule is CCN(CC(=O)NC(C)C)c1ccc(N)cc1F. The van der Waals surface area contributed by atoms with Crippen molar-refractivity contribution in [3.8, 4) is 0 Å². The third-order valence-corrected chi connectivity index (χ3v) is 2.48. The zero-order valence-corrected chi connectivity index (χ0v) is 11.0. The summed E-state index contributed by atoms with van der Waals surface area (Å²) in [6.45, 7) is 6.33. The van der Waals surface area contributed by atoms with Crippen LogP contribution in [-0.2, 0) is 4.79 Å². The Morgan fingerprint density at radius 2 is 2.17 bits per heavy atom. The Balaban J connectivity index is 2.80. The predicted octanol–water partition coefficient (Wildman–Crippen LogP) is 1.76. The maximum atomic E-state index is 13.7. The number of halogens is 1. The second-order valence-corrected chi connectivity index (χ2v) is 4.45. The number of benzene rings is 1. The minimum Gasteiger partial charge on any atom is -0.399 e. The van der Waals surface area contributed by atoms with Gasteiger partial charge in [-0.1, -0.05) is 0 Å². The molecule has 100 valence electrons. The Morgan fingerprint density at radius 1 is 1.50 bits per heavy atom. The molecule has 0 aliphatic rings. The lowest BCUT2D eigenvalue weighted by Gasteiger charge is -2.23. The van der Waals surface area contributed by atoms with Crippen molar-refractivity contribution in [3.63, 3.8) is 0 Å². The number of anilines is 2. The van der Waals surface area contributed by atoms with E-state index in [-0.39, 0.29) is 18.5 Å². The van der Waals surface area contributed by atoms with Crippen LogP contribution in [0.1, 0.15) is 20.8 Å². The molecule has 0 aliphatic heterocycles. The van der Waals surface area contributed by atoms with Crippen LogP contribution in [0.4, 0.5) is 15.8 Å². The average Bonchev–Trinajstić information content (AvgIpc) is 2.25. The Hall–Kier alpha value is -1.78.